The summed E-state index contributed by atoms with van der Waals surface area (Å²) in [5, 5.41) is 10.2. The first-order chi connectivity index (χ1) is 13.5. The predicted molar refractivity (Wildman–Crippen MR) is 108 cm³/mol. The Kier molecular flexibility index (Phi) is 6.22. The van der Waals surface area contributed by atoms with E-state index in [1.807, 2.05) is 59.4 Å². The third-order valence-electron chi connectivity index (χ3n) is 4.34. The summed E-state index contributed by atoms with van der Waals surface area (Å²) in [5.41, 5.74) is 3.91. The summed E-state index contributed by atoms with van der Waals surface area (Å²) < 4.78 is 1.89. The van der Waals surface area contributed by atoms with Gasteiger partial charge in [0.25, 0.3) is 0 Å². The Balaban J connectivity index is 1.80. The number of amides is 2. The van der Waals surface area contributed by atoms with Crippen molar-refractivity contribution in [2.75, 3.05) is 0 Å². The molecule has 28 heavy (non-hydrogen) atoms. The predicted octanol–water partition coefficient (Wildman–Crippen LogP) is 2.74. The second-order valence-electron chi connectivity index (χ2n) is 6.69. The zero-order chi connectivity index (χ0) is 19.9. The van der Waals surface area contributed by atoms with Crippen molar-refractivity contribution in [1.29, 1.82) is 0 Å². The minimum Gasteiger partial charge on any atom is -0.350 e. The molecule has 0 saturated heterocycles. The third kappa shape index (κ3) is 5.07. The zero-order valence-corrected chi connectivity index (χ0v) is 16.1. The largest absolute Gasteiger partial charge is 0.350 e. The molecule has 0 radical (unpaired) electrons. The van der Waals surface area contributed by atoms with E-state index in [0.29, 0.717) is 13.1 Å². The minimum atomic E-state index is -0.586. The van der Waals surface area contributed by atoms with Gasteiger partial charge in [0.05, 0.1) is 12.2 Å². The van der Waals surface area contributed by atoms with E-state index in [4.69, 9.17) is 5.10 Å². The maximum atomic E-state index is 12.2. The molecular weight excluding hydrogens is 352 g/mol. The summed E-state index contributed by atoms with van der Waals surface area (Å²) in [6.45, 7) is 4.04. The van der Waals surface area contributed by atoms with Crippen LogP contribution >= 0.6 is 0 Å². The monoisotopic (exact) mass is 376 g/mol. The highest BCUT2D eigenvalue weighted by atomic mass is 16.2. The van der Waals surface area contributed by atoms with Crippen molar-refractivity contribution in [1.82, 2.24) is 20.4 Å². The lowest BCUT2D eigenvalue weighted by Crippen LogP contribution is -2.43. The number of aromatic nitrogens is 2. The van der Waals surface area contributed by atoms with Gasteiger partial charge in [-0.3, -0.25) is 14.3 Å². The highest BCUT2D eigenvalue weighted by Crippen LogP contribution is 2.22. The molecule has 6 heteroatoms. The van der Waals surface area contributed by atoms with Crippen molar-refractivity contribution < 1.29 is 9.59 Å². The summed E-state index contributed by atoms with van der Waals surface area (Å²) in [5.74, 6) is -0.465. The zero-order valence-electron chi connectivity index (χ0n) is 16.1. The summed E-state index contributed by atoms with van der Waals surface area (Å²) in [4.78, 5) is 23.4. The molecule has 2 amide bonds. The van der Waals surface area contributed by atoms with Gasteiger partial charge in [-0.05, 0) is 12.5 Å². The number of nitrogens with one attached hydrogen (secondary N) is 2. The van der Waals surface area contributed by atoms with E-state index in [1.165, 1.54) is 6.92 Å². The third-order valence-corrected chi connectivity index (χ3v) is 4.34. The fourth-order valence-electron chi connectivity index (χ4n) is 2.99. The van der Waals surface area contributed by atoms with Crippen LogP contribution in [0.2, 0.25) is 0 Å². The Hall–Kier alpha value is -3.41. The van der Waals surface area contributed by atoms with Gasteiger partial charge in [0.1, 0.15) is 6.04 Å². The summed E-state index contributed by atoms with van der Waals surface area (Å²) >= 11 is 0. The van der Waals surface area contributed by atoms with Crippen LogP contribution in [0.15, 0.2) is 66.9 Å². The lowest BCUT2D eigenvalue weighted by Gasteiger charge is -2.12. The van der Waals surface area contributed by atoms with Gasteiger partial charge >= 0.3 is 0 Å². The van der Waals surface area contributed by atoms with E-state index >= 15 is 0 Å². The van der Waals surface area contributed by atoms with Crippen LogP contribution in [0.5, 0.6) is 0 Å². The van der Waals surface area contributed by atoms with Gasteiger partial charge in [0.15, 0.2) is 0 Å². The van der Waals surface area contributed by atoms with Gasteiger partial charge < -0.3 is 10.6 Å². The first-order valence-electron chi connectivity index (χ1n) is 9.23. The van der Waals surface area contributed by atoms with Crippen molar-refractivity contribution >= 4 is 11.8 Å². The normalized spacial score (nSPS) is 11.6. The number of nitrogens with zero attached hydrogens (tertiary/aromatic N) is 2. The number of hydrogen-bond acceptors (Lipinski definition) is 3. The molecule has 3 rings (SSSR count). The number of hydrogen-bond donors (Lipinski definition) is 2. The molecule has 2 N–H and O–H groups in total. The highest BCUT2D eigenvalue weighted by Gasteiger charge is 2.16. The Morgan fingerprint density at radius 3 is 2.32 bits per heavy atom. The van der Waals surface area contributed by atoms with Crippen LogP contribution in [-0.4, -0.2) is 27.6 Å². The molecule has 144 valence electrons. The van der Waals surface area contributed by atoms with E-state index in [0.717, 1.165) is 22.4 Å². The van der Waals surface area contributed by atoms with E-state index in [1.54, 1.807) is 6.92 Å². The molecule has 1 heterocycles. The first-order valence-corrected chi connectivity index (χ1v) is 9.23. The molecule has 0 spiro atoms. The molecule has 0 bridgehead atoms. The Morgan fingerprint density at radius 2 is 1.68 bits per heavy atom. The van der Waals surface area contributed by atoms with E-state index in [9.17, 15) is 9.59 Å². The molecule has 0 aliphatic carbocycles. The van der Waals surface area contributed by atoms with Crippen LogP contribution < -0.4 is 10.6 Å². The Labute approximate surface area is 164 Å². The minimum absolute atomic E-state index is 0.231. The molecular formula is C22H24N4O2. The lowest BCUT2D eigenvalue weighted by atomic mass is 10.1. The van der Waals surface area contributed by atoms with E-state index < -0.39 is 6.04 Å². The van der Waals surface area contributed by atoms with Crippen LogP contribution in [0.1, 0.15) is 25.0 Å². The van der Waals surface area contributed by atoms with E-state index in [2.05, 4.69) is 22.8 Å². The molecule has 2 aromatic carbocycles. The average Bonchev–Trinajstić information content (AvgIpc) is 3.09. The van der Waals surface area contributed by atoms with Crippen LogP contribution in [0.4, 0.5) is 0 Å². The number of rotatable bonds is 7. The Bertz CT molecular complexity index is 936. The van der Waals surface area contributed by atoms with Crippen molar-refractivity contribution in [3.05, 3.63) is 78.0 Å². The van der Waals surface area contributed by atoms with Gasteiger partial charge in [-0.2, -0.15) is 5.10 Å². The van der Waals surface area contributed by atoms with Crippen molar-refractivity contribution in [3.8, 4) is 11.3 Å². The van der Waals surface area contributed by atoms with Crippen LogP contribution in [-0.2, 0) is 22.7 Å². The second kappa shape index (κ2) is 8.99. The maximum Gasteiger partial charge on any atom is 0.242 e. The molecule has 0 aliphatic rings. The maximum absolute atomic E-state index is 12.2. The fourth-order valence-corrected chi connectivity index (χ4v) is 2.99. The molecule has 1 aromatic heterocycles. The molecule has 1 unspecified atom stereocenters. The summed E-state index contributed by atoms with van der Waals surface area (Å²) in [6.07, 6.45) is 1.96. The standard InChI is InChI=1S/C22H24N4O2/c1-16(24-17(2)27)22(28)23-13-20-15-26(14-18-9-5-3-6-10-18)25-21(20)19-11-7-4-8-12-19/h3-12,15-16H,13-14H2,1-2H3,(H,23,28)(H,24,27). The van der Waals surface area contributed by atoms with Gasteiger partial charge in [-0.1, -0.05) is 60.7 Å². The van der Waals surface area contributed by atoms with Crippen molar-refractivity contribution in [2.24, 2.45) is 0 Å². The second-order valence-corrected chi connectivity index (χ2v) is 6.69. The average molecular weight is 376 g/mol. The van der Waals surface area contributed by atoms with Gasteiger partial charge in [0, 0.05) is 30.8 Å². The number of carbonyl (C=O) groups excluding carboxylic acids is 2. The topological polar surface area (TPSA) is 76.0 Å². The first kappa shape index (κ1) is 19.4. The van der Waals surface area contributed by atoms with E-state index in [-0.39, 0.29) is 11.8 Å². The van der Waals surface area contributed by atoms with Gasteiger partial charge in [-0.15, -0.1) is 0 Å². The number of benzene rings is 2. The summed E-state index contributed by atoms with van der Waals surface area (Å²) in [7, 11) is 0. The van der Waals surface area contributed by atoms with Crippen molar-refractivity contribution in [2.45, 2.75) is 33.0 Å². The quantitative estimate of drug-likeness (QED) is 0.666. The molecule has 0 aliphatic heterocycles. The molecule has 1 atom stereocenters. The Morgan fingerprint density at radius 1 is 1.04 bits per heavy atom. The molecule has 0 fully saturated rings. The SMILES string of the molecule is CC(=O)NC(C)C(=O)NCc1cn(Cc2ccccc2)nc1-c1ccccc1. The molecule has 3 aromatic rings. The van der Waals surface area contributed by atoms with Crippen LogP contribution in [0, 0.1) is 0 Å². The van der Waals surface area contributed by atoms with Gasteiger partial charge in [-0.25, -0.2) is 0 Å². The smallest absolute Gasteiger partial charge is 0.242 e. The lowest BCUT2D eigenvalue weighted by molar-refractivity contribution is -0.127. The van der Waals surface area contributed by atoms with Crippen molar-refractivity contribution in [3.63, 3.8) is 0 Å². The van der Waals surface area contributed by atoms with Crippen LogP contribution in [0.3, 0.4) is 0 Å². The fraction of sp³-hybridized carbons (Fsp3) is 0.227. The summed E-state index contributed by atoms with van der Waals surface area (Å²) in [6, 6.07) is 19.4. The van der Waals surface area contributed by atoms with Crippen LogP contribution in [0.25, 0.3) is 11.3 Å². The molecule has 6 nitrogen and oxygen atoms in total. The highest BCUT2D eigenvalue weighted by molar-refractivity contribution is 5.86. The van der Waals surface area contributed by atoms with Gasteiger partial charge in [0.2, 0.25) is 11.8 Å². The molecule has 0 saturated carbocycles. The number of carbonyl (C=O) groups is 2.